The van der Waals surface area contributed by atoms with Gasteiger partial charge in [0.05, 0.1) is 12.6 Å². The van der Waals surface area contributed by atoms with E-state index in [1.807, 2.05) is 19.1 Å². The smallest absolute Gasteiger partial charge is 0.237 e. The molecule has 1 aliphatic heterocycles. The summed E-state index contributed by atoms with van der Waals surface area (Å²) < 4.78 is 5.19. The zero-order valence-corrected chi connectivity index (χ0v) is 12.0. The van der Waals surface area contributed by atoms with E-state index in [1.165, 1.54) is 11.1 Å². The zero-order chi connectivity index (χ0) is 12.8. The molecule has 1 atom stereocenters. The highest BCUT2D eigenvalue weighted by Crippen LogP contribution is 2.16. The Morgan fingerprint density at radius 2 is 2.16 bits per heavy atom. The van der Waals surface area contributed by atoms with Crippen molar-refractivity contribution >= 4 is 18.3 Å². The number of benzene rings is 1. The van der Waals surface area contributed by atoms with Gasteiger partial charge in [-0.1, -0.05) is 24.3 Å². The first-order valence-electron chi connectivity index (χ1n) is 6.47. The molecule has 1 aromatic rings. The second-order valence-electron chi connectivity index (χ2n) is 4.39. The third kappa shape index (κ3) is 4.49. The van der Waals surface area contributed by atoms with Gasteiger partial charge in [-0.15, -0.1) is 12.4 Å². The third-order valence-corrected chi connectivity index (χ3v) is 3.15. The van der Waals surface area contributed by atoms with E-state index in [-0.39, 0.29) is 24.4 Å². The summed E-state index contributed by atoms with van der Waals surface area (Å²) in [5, 5.41) is 6.15. The highest BCUT2D eigenvalue weighted by molar-refractivity contribution is 5.85. The van der Waals surface area contributed by atoms with E-state index in [0.717, 1.165) is 13.0 Å². The first-order chi connectivity index (χ1) is 8.81. The molecule has 0 spiro atoms. The van der Waals surface area contributed by atoms with Gasteiger partial charge in [-0.05, 0) is 24.5 Å². The summed E-state index contributed by atoms with van der Waals surface area (Å²) in [5.74, 6) is 0.0595. The van der Waals surface area contributed by atoms with Crippen molar-refractivity contribution in [3.05, 3.63) is 35.4 Å². The lowest BCUT2D eigenvalue weighted by Crippen LogP contribution is -2.48. The van der Waals surface area contributed by atoms with Gasteiger partial charge in [-0.25, -0.2) is 0 Å². The minimum Gasteiger partial charge on any atom is -0.380 e. The Kier molecular flexibility index (Phi) is 6.84. The number of hydrogen-bond donors (Lipinski definition) is 2. The van der Waals surface area contributed by atoms with Crippen LogP contribution in [0.3, 0.4) is 0 Å². The number of hydrogen-bond acceptors (Lipinski definition) is 3. The molecule has 106 valence electrons. The molecular weight excluding hydrogens is 264 g/mol. The molecule has 19 heavy (non-hydrogen) atoms. The summed E-state index contributed by atoms with van der Waals surface area (Å²) in [4.78, 5) is 11.9. The number of carbonyl (C=O) groups excluding carboxylic acids is 1. The van der Waals surface area contributed by atoms with Crippen LogP contribution in [-0.4, -0.2) is 31.7 Å². The highest BCUT2D eigenvalue weighted by atomic mass is 35.5. The number of halogens is 1. The van der Waals surface area contributed by atoms with Crippen molar-refractivity contribution in [2.45, 2.75) is 25.9 Å². The lowest BCUT2D eigenvalue weighted by atomic mass is 9.95. The quantitative estimate of drug-likeness (QED) is 0.801. The molecule has 1 heterocycles. The van der Waals surface area contributed by atoms with Crippen molar-refractivity contribution in [1.29, 1.82) is 0 Å². The van der Waals surface area contributed by atoms with Gasteiger partial charge < -0.3 is 15.4 Å². The van der Waals surface area contributed by atoms with E-state index in [1.54, 1.807) is 0 Å². The molecule has 1 aromatic carbocycles. The molecule has 1 unspecified atom stereocenters. The number of ether oxygens (including phenoxy) is 1. The van der Waals surface area contributed by atoms with Gasteiger partial charge >= 0.3 is 0 Å². The maximum atomic E-state index is 11.9. The molecule has 0 saturated carbocycles. The Labute approximate surface area is 120 Å². The lowest BCUT2D eigenvalue weighted by Gasteiger charge is -2.25. The van der Waals surface area contributed by atoms with Crippen molar-refractivity contribution in [3.63, 3.8) is 0 Å². The largest absolute Gasteiger partial charge is 0.380 e. The average molecular weight is 285 g/mol. The molecule has 2 N–H and O–H groups in total. The van der Waals surface area contributed by atoms with Crippen molar-refractivity contribution in [3.8, 4) is 0 Å². The van der Waals surface area contributed by atoms with Crippen LogP contribution in [0.2, 0.25) is 0 Å². The van der Waals surface area contributed by atoms with Crippen LogP contribution in [0.4, 0.5) is 0 Å². The van der Waals surface area contributed by atoms with Gasteiger partial charge in [-0.3, -0.25) is 4.79 Å². The van der Waals surface area contributed by atoms with E-state index in [0.29, 0.717) is 19.8 Å². The van der Waals surface area contributed by atoms with Crippen molar-refractivity contribution in [2.24, 2.45) is 0 Å². The van der Waals surface area contributed by atoms with Gasteiger partial charge in [0.2, 0.25) is 5.91 Å². The molecule has 0 aromatic heterocycles. The fourth-order valence-electron chi connectivity index (χ4n) is 2.15. The van der Waals surface area contributed by atoms with Crippen molar-refractivity contribution in [2.75, 3.05) is 19.8 Å². The van der Waals surface area contributed by atoms with E-state index in [4.69, 9.17) is 4.74 Å². The fourth-order valence-corrected chi connectivity index (χ4v) is 2.15. The predicted molar refractivity (Wildman–Crippen MR) is 77.5 cm³/mol. The number of nitrogens with one attached hydrogen (secondary N) is 2. The van der Waals surface area contributed by atoms with Crippen molar-refractivity contribution < 1.29 is 9.53 Å². The Balaban J connectivity index is 0.00000180. The normalized spacial score (nSPS) is 17.2. The zero-order valence-electron chi connectivity index (χ0n) is 11.1. The van der Waals surface area contributed by atoms with Gasteiger partial charge in [0.1, 0.15) is 0 Å². The summed E-state index contributed by atoms with van der Waals surface area (Å²) in [6, 6.07) is 8.13. The molecule has 0 bridgehead atoms. The molecule has 0 saturated heterocycles. The number of carbonyl (C=O) groups is 1. The molecule has 0 radical (unpaired) electrons. The van der Waals surface area contributed by atoms with Crippen LogP contribution >= 0.6 is 12.4 Å². The second-order valence-corrected chi connectivity index (χ2v) is 4.39. The maximum absolute atomic E-state index is 11.9. The van der Waals surface area contributed by atoms with Gasteiger partial charge in [0, 0.05) is 19.7 Å². The van der Waals surface area contributed by atoms with E-state index >= 15 is 0 Å². The van der Waals surface area contributed by atoms with Crippen LogP contribution in [0.15, 0.2) is 24.3 Å². The second kappa shape index (κ2) is 8.15. The molecular formula is C14H21ClN2O2. The van der Waals surface area contributed by atoms with E-state index < -0.39 is 0 Å². The first kappa shape index (κ1) is 16.0. The van der Waals surface area contributed by atoms with E-state index in [2.05, 4.69) is 22.8 Å². The number of amides is 1. The molecule has 1 amide bonds. The van der Waals surface area contributed by atoms with Crippen LogP contribution in [-0.2, 0) is 22.5 Å². The fraction of sp³-hybridized carbons (Fsp3) is 0.500. The predicted octanol–water partition coefficient (Wildman–Crippen LogP) is 1.28. The lowest BCUT2D eigenvalue weighted by molar-refractivity contribution is -0.123. The Hall–Kier alpha value is -1.10. The standard InChI is InChI=1S/C14H20N2O2.ClH/c1-2-18-8-7-15-14(17)13-9-11-5-3-4-6-12(11)10-16-13;/h3-6,13,16H,2,7-10H2,1H3,(H,15,17);1H. The van der Waals surface area contributed by atoms with Crippen molar-refractivity contribution in [1.82, 2.24) is 10.6 Å². The molecule has 1 aliphatic rings. The first-order valence-corrected chi connectivity index (χ1v) is 6.47. The minimum absolute atomic E-state index is 0. The van der Waals surface area contributed by atoms with Crippen LogP contribution in [0.1, 0.15) is 18.1 Å². The molecule has 4 nitrogen and oxygen atoms in total. The van der Waals surface area contributed by atoms with Gasteiger partial charge in [-0.2, -0.15) is 0 Å². The topological polar surface area (TPSA) is 50.4 Å². The summed E-state index contributed by atoms with van der Waals surface area (Å²) in [6.07, 6.45) is 0.761. The SMILES string of the molecule is CCOCCNC(=O)C1Cc2ccccc2CN1.Cl. The Morgan fingerprint density at radius 3 is 2.89 bits per heavy atom. The average Bonchev–Trinajstić information content (AvgIpc) is 2.43. The summed E-state index contributed by atoms with van der Waals surface area (Å²) in [5.41, 5.74) is 2.55. The summed E-state index contributed by atoms with van der Waals surface area (Å²) in [6.45, 7) is 4.55. The van der Waals surface area contributed by atoms with Gasteiger partial charge in [0.15, 0.2) is 0 Å². The molecule has 0 fully saturated rings. The summed E-state index contributed by atoms with van der Waals surface area (Å²) >= 11 is 0. The minimum atomic E-state index is -0.124. The molecule has 5 heteroatoms. The van der Waals surface area contributed by atoms with Crippen LogP contribution < -0.4 is 10.6 Å². The van der Waals surface area contributed by atoms with Gasteiger partial charge in [0.25, 0.3) is 0 Å². The van der Waals surface area contributed by atoms with Crippen LogP contribution in [0.25, 0.3) is 0 Å². The monoisotopic (exact) mass is 284 g/mol. The number of rotatable bonds is 5. The van der Waals surface area contributed by atoms with Crippen LogP contribution in [0.5, 0.6) is 0 Å². The highest BCUT2D eigenvalue weighted by Gasteiger charge is 2.23. The molecule has 2 rings (SSSR count). The number of fused-ring (bicyclic) bond motifs is 1. The maximum Gasteiger partial charge on any atom is 0.237 e. The molecule has 0 aliphatic carbocycles. The Morgan fingerprint density at radius 1 is 1.42 bits per heavy atom. The van der Waals surface area contributed by atoms with E-state index in [9.17, 15) is 4.79 Å². The Bertz CT molecular complexity index is 412. The summed E-state index contributed by atoms with van der Waals surface area (Å²) in [7, 11) is 0. The third-order valence-electron chi connectivity index (χ3n) is 3.15. The van der Waals surface area contributed by atoms with Crippen LogP contribution in [0, 0.1) is 0 Å².